The van der Waals surface area contributed by atoms with Gasteiger partial charge in [0.15, 0.2) is 0 Å². The second kappa shape index (κ2) is 5.48. The molecule has 2 fully saturated rings. The van der Waals surface area contributed by atoms with Gasteiger partial charge < -0.3 is 15.4 Å². The van der Waals surface area contributed by atoms with Gasteiger partial charge in [-0.25, -0.2) is 0 Å². The Hall–Kier alpha value is -0.120. The molecule has 3 heteroatoms. The van der Waals surface area contributed by atoms with Gasteiger partial charge in [0.25, 0.3) is 0 Å². The lowest BCUT2D eigenvalue weighted by Crippen LogP contribution is -2.48. The quantitative estimate of drug-likeness (QED) is 0.772. The van der Waals surface area contributed by atoms with Gasteiger partial charge in [0, 0.05) is 38.2 Å². The van der Waals surface area contributed by atoms with Crippen LogP contribution in [-0.4, -0.2) is 43.8 Å². The van der Waals surface area contributed by atoms with E-state index in [1.54, 1.807) is 0 Å². The minimum atomic E-state index is 0.348. The highest BCUT2D eigenvalue weighted by atomic mass is 16.5. The van der Waals surface area contributed by atoms with Gasteiger partial charge in [0.05, 0.1) is 6.61 Å². The monoisotopic (exact) mass is 226 g/mol. The summed E-state index contributed by atoms with van der Waals surface area (Å²) in [5.41, 5.74) is 6.16. The molecule has 2 aliphatic rings. The lowest BCUT2D eigenvalue weighted by atomic mass is 9.89. The van der Waals surface area contributed by atoms with Crippen molar-refractivity contribution in [3.8, 4) is 0 Å². The second-order valence-electron chi connectivity index (χ2n) is 5.95. The number of ether oxygens (including phenoxy) is 1. The van der Waals surface area contributed by atoms with Gasteiger partial charge in [-0.15, -0.1) is 0 Å². The lowest BCUT2D eigenvalue weighted by molar-refractivity contribution is 0.0153. The van der Waals surface area contributed by atoms with Crippen molar-refractivity contribution < 1.29 is 4.74 Å². The standard InChI is InChI=1S/C13H26N2O/c1-10-5-11(2)7-15(6-10)8-12-9-16-4-3-13(12)14/h10-13H,3-9,14H2,1-2H3. The summed E-state index contributed by atoms with van der Waals surface area (Å²) in [7, 11) is 0. The molecule has 0 saturated carbocycles. The molecule has 94 valence electrons. The van der Waals surface area contributed by atoms with Crippen LogP contribution in [-0.2, 0) is 4.74 Å². The molecule has 16 heavy (non-hydrogen) atoms. The summed E-state index contributed by atoms with van der Waals surface area (Å²) in [6, 6.07) is 0.348. The fourth-order valence-electron chi connectivity index (χ4n) is 3.27. The maximum atomic E-state index is 6.16. The molecule has 3 nitrogen and oxygen atoms in total. The van der Waals surface area contributed by atoms with E-state index >= 15 is 0 Å². The summed E-state index contributed by atoms with van der Waals surface area (Å²) in [6.07, 6.45) is 2.41. The Balaban J connectivity index is 1.83. The SMILES string of the molecule is CC1CC(C)CN(CC2COCCC2N)C1. The number of likely N-dealkylation sites (tertiary alicyclic amines) is 1. The maximum absolute atomic E-state index is 6.16. The number of piperidine rings is 1. The Labute approximate surface area is 99.3 Å². The maximum Gasteiger partial charge on any atom is 0.0521 e. The highest BCUT2D eigenvalue weighted by molar-refractivity contribution is 4.82. The molecule has 0 bridgehead atoms. The number of hydrogen-bond donors (Lipinski definition) is 1. The molecule has 0 amide bonds. The van der Waals surface area contributed by atoms with Crippen molar-refractivity contribution in [2.45, 2.75) is 32.7 Å². The van der Waals surface area contributed by atoms with E-state index in [2.05, 4.69) is 18.7 Å². The third-order valence-corrected chi connectivity index (χ3v) is 3.97. The largest absolute Gasteiger partial charge is 0.381 e. The molecule has 0 aromatic carbocycles. The number of hydrogen-bond acceptors (Lipinski definition) is 3. The molecular weight excluding hydrogens is 200 g/mol. The van der Waals surface area contributed by atoms with Crippen molar-refractivity contribution in [2.24, 2.45) is 23.5 Å². The van der Waals surface area contributed by atoms with Crippen LogP contribution in [0.15, 0.2) is 0 Å². The van der Waals surface area contributed by atoms with Crippen LogP contribution >= 0.6 is 0 Å². The van der Waals surface area contributed by atoms with Crippen LogP contribution in [0, 0.1) is 17.8 Å². The predicted molar refractivity (Wildman–Crippen MR) is 66.3 cm³/mol. The van der Waals surface area contributed by atoms with Crippen molar-refractivity contribution in [1.82, 2.24) is 4.90 Å². The third-order valence-electron chi connectivity index (χ3n) is 3.97. The normalized spacial score (nSPS) is 42.2. The topological polar surface area (TPSA) is 38.5 Å². The Morgan fingerprint density at radius 2 is 1.94 bits per heavy atom. The van der Waals surface area contributed by atoms with Crippen LogP contribution in [0.1, 0.15) is 26.7 Å². The molecule has 4 unspecified atom stereocenters. The van der Waals surface area contributed by atoms with Crippen molar-refractivity contribution in [2.75, 3.05) is 32.8 Å². The van der Waals surface area contributed by atoms with E-state index in [4.69, 9.17) is 10.5 Å². The first kappa shape index (κ1) is 12.3. The number of nitrogens with zero attached hydrogens (tertiary/aromatic N) is 1. The molecule has 0 aromatic heterocycles. The van der Waals surface area contributed by atoms with E-state index in [-0.39, 0.29) is 0 Å². The van der Waals surface area contributed by atoms with Crippen molar-refractivity contribution >= 4 is 0 Å². The first-order chi connectivity index (χ1) is 7.65. The number of nitrogens with two attached hydrogens (primary N) is 1. The van der Waals surface area contributed by atoms with Crippen LogP contribution in [0.25, 0.3) is 0 Å². The van der Waals surface area contributed by atoms with Gasteiger partial charge in [-0.1, -0.05) is 13.8 Å². The molecule has 0 aromatic rings. The van der Waals surface area contributed by atoms with Crippen molar-refractivity contribution in [1.29, 1.82) is 0 Å². The smallest absolute Gasteiger partial charge is 0.0521 e. The van der Waals surface area contributed by atoms with Crippen LogP contribution < -0.4 is 5.73 Å². The fraction of sp³-hybridized carbons (Fsp3) is 1.00. The molecule has 4 atom stereocenters. The summed E-state index contributed by atoms with van der Waals surface area (Å²) in [5.74, 6) is 2.22. The van der Waals surface area contributed by atoms with Gasteiger partial charge in [-0.2, -0.15) is 0 Å². The lowest BCUT2D eigenvalue weighted by Gasteiger charge is -2.39. The first-order valence-electron chi connectivity index (χ1n) is 6.71. The Morgan fingerprint density at radius 3 is 2.56 bits per heavy atom. The van der Waals surface area contributed by atoms with Gasteiger partial charge in [0.1, 0.15) is 0 Å². The van der Waals surface area contributed by atoms with Crippen LogP contribution in [0.3, 0.4) is 0 Å². The van der Waals surface area contributed by atoms with E-state index in [9.17, 15) is 0 Å². The zero-order valence-corrected chi connectivity index (χ0v) is 10.7. The fourth-order valence-corrected chi connectivity index (χ4v) is 3.27. The average Bonchev–Trinajstić information content (AvgIpc) is 2.20. The molecule has 0 spiro atoms. The van der Waals surface area contributed by atoms with E-state index in [1.807, 2.05) is 0 Å². The van der Waals surface area contributed by atoms with Crippen LogP contribution in [0.5, 0.6) is 0 Å². The summed E-state index contributed by atoms with van der Waals surface area (Å²) in [4.78, 5) is 2.60. The Kier molecular flexibility index (Phi) is 4.22. The minimum Gasteiger partial charge on any atom is -0.381 e. The molecule has 0 aliphatic carbocycles. The summed E-state index contributed by atoms with van der Waals surface area (Å²) in [6.45, 7) is 10.1. The van der Waals surface area contributed by atoms with E-state index < -0.39 is 0 Å². The van der Waals surface area contributed by atoms with Gasteiger partial charge in [-0.3, -0.25) is 0 Å². The number of rotatable bonds is 2. The van der Waals surface area contributed by atoms with Gasteiger partial charge in [-0.05, 0) is 24.7 Å². The molecular formula is C13H26N2O. The zero-order valence-electron chi connectivity index (χ0n) is 10.7. The molecule has 2 aliphatic heterocycles. The van der Waals surface area contributed by atoms with Crippen molar-refractivity contribution in [3.05, 3.63) is 0 Å². The highest BCUT2D eigenvalue weighted by Gasteiger charge is 2.28. The summed E-state index contributed by atoms with van der Waals surface area (Å²) >= 11 is 0. The van der Waals surface area contributed by atoms with Crippen LogP contribution in [0.2, 0.25) is 0 Å². The van der Waals surface area contributed by atoms with Gasteiger partial charge >= 0.3 is 0 Å². The Morgan fingerprint density at radius 1 is 1.25 bits per heavy atom. The molecule has 2 heterocycles. The molecule has 2 saturated heterocycles. The van der Waals surface area contributed by atoms with Gasteiger partial charge in [0.2, 0.25) is 0 Å². The summed E-state index contributed by atoms with van der Waals surface area (Å²) < 4.78 is 5.54. The second-order valence-corrected chi connectivity index (χ2v) is 5.95. The van der Waals surface area contributed by atoms with Crippen molar-refractivity contribution in [3.63, 3.8) is 0 Å². The minimum absolute atomic E-state index is 0.348. The highest BCUT2D eigenvalue weighted by Crippen LogP contribution is 2.23. The van der Waals surface area contributed by atoms with E-state index in [0.29, 0.717) is 12.0 Å². The Bertz CT molecular complexity index is 212. The predicted octanol–water partition coefficient (Wildman–Crippen LogP) is 1.33. The zero-order chi connectivity index (χ0) is 11.5. The molecule has 2 rings (SSSR count). The van der Waals surface area contributed by atoms with Crippen LogP contribution in [0.4, 0.5) is 0 Å². The molecule has 0 radical (unpaired) electrons. The first-order valence-corrected chi connectivity index (χ1v) is 6.71. The average molecular weight is 226 g/mol. The third kappa shape index (κ3) is 3.19. The summed E-state index contributed by atoms with van der Waals surface area (Å²) in [5, 5.41) is 0. The molecule has 2 N–H and O–H groups in total. The van der Waals surface area contributed by atoms with E-state index in [0.717, 1.165) is 38.0 Å². The van der Waals surface area contributed by atoms with E-state index in [1.165, 1.54) is 19.5 Å².